The lowest BCUT2D eigenvalue weighted by molar-refractivity contribution is 0.0671. The molecule has 1 atom stereocenters. The summed E-state index contributed by atoms with van der Waals surface area (Å²) in [6.07, 6.45) is 3.36. The first-order valence-corrected chi connectivity index (χ1v) is 7.32. The fraction of sp³-hybridized carbons (Fsp3) is 0.500. The smallest absolute Gasteiger partial charge is 0.253 e. The van der Waals surface area contributed by atoms with E-state index in [9.17, 15) is 4.79 Å². The number of hydrogen-bond acceptors (Lipinski definition) is 2. The number of rotatable bonds is 2. The van der Waals surface area contributed by atoms with Gasteiger partial charge in [0.15, 0.2) is 0 Å². The summed E-state index contributed by atoms with van der Waals surface area (Å²) in [6.45, 7) is 3.78. The van der Waals surface area contributed by atoms with Crippen molar-refractivity contribution in [2.75, 3.05) is 18.8 Å². The predicted octanol–water partition coefficient (Wildman–Crippen LogP) is 3.84. The maximum Gasteiger partial charge on any atom is 0.253 e. The van der Waals surface area contributed by atoms with Crippen LogP contribution in [0.1, 0.15) is 36.5 Å². The van der Waals surface area contributed by atoms with E-state index in [-0.39, 0.29) is 5.91 Å². The van der Waals surface area contributed by atoms with Gasteiger partial charge in [0.2, 0.25) is 0 Å². The lowest BCUT2D eigenvalue weighted by atomic mass is 9.95. The van der Waals surface area contributed by atoms with Gasteiger partial charge in [-0.25, -0.2) is 0 Å². The first kappa shape index (κ1) is 14.5. The quantitative estimate of drug-likeness (QED) is 0.844. The number of halogens is 2. The van der Waals surface area contributed by atoms with E-state index >= 15 is 0 Å². The van der Waals surface area contributed by atoms with E-state index in [0.29, 0.717) is 27.2 Å². The minimum absolute atomic E-state index is 0.0107. The number of amides is 1. The summed E-state index contributed by atoms with van der Waals surface area (Å²) >= 11 is 11.9. The molecular weight excluding hydrogens is 283 g/mol. The van der Waals surface area contributed by atoms with Crippen molar-refractivity contribution in [3.63, 3.8) is 0 Å². The Balaban J connectivity index is 2.19. The van der Waals surface area contributed by atoms with Crippen LogP contribution in [0, 0.1) is 5.92 Å². The maximum absolute atomic E-state index is 12.4. The Kier molecular flexibility index (Phi) is 4.58. The number of hydrogen-bond donors (Lipinski definition) is 1. The second-order valence-corrected chi connectivity index (χ2v) is 5.81. The number of benzene rings is 1. The molecule has 2 N–H and O–H groups in total. The highest BCUT2D eigenvalue weighted by Gasteiger charge is 2.24. The van der Waals surface area contributed by atoms with Gasteiger partial charge in [-0.3, -0.25) is 4.79 Å². The molecule has 1 saturated heterocycles. The Morgan fingerprint density at radius 3 is 2.84 bits per heavy atom. The zero-order valence-electron chi connectivity index (χ0n) is 11.0. The van der Waals surface area contributed by atoms with E-state index in [4.69, 9.17) is 28.9 Å². The molecule has 5 heteroatoms. The van der Waals surface area contributed by atoms with Crippen LogP contribution in [0.2, 0.25) is 10.0 Å². The molecule has 1 aromatic carbocycles. The van der Waals surface area contributed by atoms with Gasteiger partial charge in [0, 0.05) is 18.7 Å². The van der Waals surface area contributed by atoms with Gasteiger partial charge >= 0.3 is 0 Å². The van der Waals surface area contributed by atoms with Gasteiger partial charge in [-0.15, -0.1) is 0 Å². The lowest BCUT2D eigenvalue weighted by Gasteiger charge is -2.32. The number of likely N-dealkylation sites (tertiary alicyclic amines) is 1. The average Bonchev–Trinajstić information content (AvgIpc) is 2.43. The van der Waals surface area contributed by atoms with E-state index < -0.39 is 0 Å². The standard InChI is InChI=1S/C14H18Cl2N2O/c1-2-9-4-3-5-18(8-9)14(19)10-6-11(15)13(16)12(17)7-10/h6-7,9H,2-5,8,17H2,1H3. The summed E-state index contributed by atoms with van der Waals surface area (Å²) < 4.78 is 0. The van der Waals surface area contributed by atoms with Crippen LogP contribution in [0.5, 0.6) is 0 Å². The molecule has 1 aromatic rings. The van der Waals surface area contributed by atoms with Gasteiger partial charge in [0.1, 0.15) is 0 Å². The second-order valence-electron chi connectivity index (χ2n) is 5.03. The second kappa shape index (κ2) is 6.02. The van der Waals surface area contributed by atoms with Gasteiger partial charge in [0.05, 0.1) is 15.7 Å². The monoisotopic (exact) mass is 300 g/mol. The van der Waals surface area contributed by atoms with Crippen molar-refractivity contribution in [2.45, 2.75) is 26.2 Å². The Morgan fingerprint density at radius 1 is 1.47 bits per heavy atom. The summed E-state index contributed by atoms with van der Waals surface area (Å²) in [4.78, 5) is 14.3. The van der Waals surface area contributed by atoms with Crippen molar-refractivity contribution >= 4 is 34.8 Å². The number of nitrogens with zero attached hydrogens (tertiary/aromatic N) is 1. The molecule has 104 valence electrons. The summed E-state index contributed by atoms with van der Waals surface area (Å²) in [5, 5.41) is 0.636. The third kappa shape index (κ3) is 3.15. The van der Waals surface area contributed by atoms with Crippen molar-refractivity contribution < 1.29 is 4.79 Å². The molecule has 0 spiro atoms. The van der Waals surface area contributed by atoms with Gasteiger partial charge in [0.25, 0.3) is 5.91 Å². The highest BCUT2D eigenvalue weighted by Crippen LogP contribution is 2.30. The molecule has 0 saturated carbocycles. The highest BCUT2D eigenvalue weighted by atomic mass is 35.5. The fourth-order valence-electron chi connectivity index (χ4n) is 2.50. The third-order valence-electron chi connectivity index (χ3n) is 3.69. The summed E-state index contributed by atoms with van der Waals surface area (Å²) in [5.74, 6) is 0.584. The minimum atomic E-state index is -0.0107. The van der Waals surface area contributed by atoms with Crippen LogP contribution in [-0.2, 0) is 0 Å². The topological polar surface area (TPSA) is 46.3 Å². The van der Waals surface area contributed by atoms with E-state index in [1.54, 1.807) is 12.1 Å². The number of anilines is 1. The summed E-state index contributed by atoms with van der Waals surface area (Å²) in [7, 11) is 0. The summed E-state index contributed by atoms with van der Waals surface area (Å²) in [5.41, 5.74) is 6.62. The van der Waals surface area contributed by atoms with Crippen LogP contribution < -0.4 is 5.73 Å². The van der Waals surface area contributed by atoms with Crippen LogP contribution in [0.4, 0.5) is 5.69 Å². The normalized spacial score (nSPS) is 19.5. The molecule has 3 nitrogen and oxygen atoms in total. The molecule has 1 amide bonds. The largest absolute Gasteiger partial charge is 0.397 e. The molecule has 1 heterocycles. The number of piperidine rings is 1. The minimum Gasteiger partial charge on any atom is -0.397 e. The Hall–Kier alpha value is -0.930. The van der Waals surface area contributed by atoms with Crippen LogP contribution in [-0.4, -0.2) is 23.9 Å². The molecule has 1 aliphatic rings. The van der Waals surface area contributed by atoms with Crippen LogP contribution in [0.15, 0.2) is 12.1 Å². The zero-order valence-corrected chi connectivity index (χ0v) is 12.5. The highest BCUT2D eigenvalue weighted by molar-refractivity contribution is 6.43. The van der Waals surface area contributed by atoms with Gasteiger partial charge in [-0.05, 0) is 30.9 Å². The molecule has 0 bridgehead atoms. The first-order chi connectivity index (χ1) is 9.02. The number of nitrogens with two attached hydrogens (primary N) is 1. The average molecular weight is 301 g/mol. The number of nitrogen functional groups attached to an aromatic ring is 1. The first-order valence-electron chi connectivity index (χ1n) is 6.56. The predicted molar refractivity (Wildman–Crippen MR) is 79.8 cm³/mol. The molecule has 0 radical (unpaired) electrons. The van der Waals surface area contributed by atoms with E-state index in [1.807, 2.05) is 4.90 Å². The third-order valence-corrected chi connectivity index (χ3v) is 4.50. The van der Waals surface area contributed by atoms with E-state index in [2.05, 4.69) is 6.92 Å². The molecule has 1 unspecified atom stereocenters. The van der Waals surface area contributed by atoms with Crippen molar-refractivity contribution in [3.05, 3.63) is 27.7 Å². The van der Waals surface area contributed by atoms with Crippen molar-refractivity contribution in [2.24, 2.45) is 5.92 Å². The maximum atomic E-state index is 12.4. The van der Waals surface area contributed by atoms with Crippen molar-refractivity contribution in [3.8, 4) is 0 Å². The van der Waals surface area contributed by atoms with Crippen LogP contribution in [0.3, 0.4) is 0 Å². The van der Waals surface area contributed by atoms with Crippen molar-refractivity contribution in [1.82, 2.24) is 4.90 Å². The SMILES string of the molecule is CCC1CCCN(C(=O)c2cc(N)c(Cl)c(Cl)c2)C1. The lowest BCUT2D eigenvalue weighted by Crippen LogP contribution is -2.39. The van der Waals surface area contributed by atoms with Gasteiger partial charge < -0.3 is 10.6 Å². The number of carbonyl (C=O) groups excluding carboxylic acids is 1. The molecule has 1 fully saturated rings. The molecule has 0 aliphatic carbocycles. The zero-order chi connectivity index (χ0) is 14.0. The molecule has 19 heavy (non-hydrogen) atoms. The van der Waals surface area contributed by atoms with Gasteiger partial charge in [-0.1, -0.05) is 36.5 Å². The Bertz CT molecular complexity index is 467. The van der Waals surface area contributed by atoms with E-state index in [1.165, 1.54) is 6.42 Å². The number of carbonyl (C=O) groups is 1. The molecule has 2 rings (SSSR count). The summed E-state index contributed by atoms with van der Waals surface area (Å²) in [6, 6.07) is 3.20. The molecule has 1 aliphatic heterocycles. The van der Waals surface area contributed by atoms with Crippen LogP contribution in [0.25, 0.3) is 0 Å². The molecule has 0 aromatic heterocycles. The van der Waals surface area contributed by atoms with Gasteiger partial charge in [-0.2, -0.15) is 0 Å². The van der Waals surface area contributed by atoms with Crippen molar-refractivity contribution in [1.29, 1.82) is 0 Å². The Morgan fingerprint density at radius 2 is 2.21 bits per heavy atom. The Labute approximate surface area is 123 Å². The van der Waals surface area contributed by atoms with Crippen LogP contribution >= 0.6 is 23.2 Å². The van der Waals surface area contributed by atoms with E-state index in [0.717, 1.165) is 25.9 Å². The fourth-order valence-corrected chi connectivity index (χ4v) is 2.83. The molecular formula is C14H18Cl2N2O.